The summed E-state index contributed by atoms with van der Waals surface area (Å²) in [5.41, 5.74) is 0.163. The van der Waals surface area contributed by atoms with Gasteiger partial charge in [0.25, 0.3) is 0 Å². The maximum atomic E-state index is 14.4. The van der Waals surface area contributed by atoms with Crippen LogP contribution >= 0.6 is 0 Å². The first kappa shape index (κ1) is 35.6. The van der Waals surface area contributed by atoms with Gasteiger partial charge >= 0.3 is 24.2 Å². The van der Waals surface area contributed by atoms with Gasteiger partial charge in [0, 0.05) is 11.6 Å². The fourth-order valence-electron chi connectivity index (χ4n) is 5.10. The number of para-hydroxylation sites is 2. The largest absolute Gasteiger partial charge is 0.460 e. The number of halogens is 10. The van der Waals surface area contributed by atoms with E-state index in [1.54, 1.807) is 24.3 Å². The molecule has 1 aliphatic carbocycles. The van der Waals surface area contributed by atoms with E-state index >= 15 is 0 Å². The summed E-state index contributed by atoms with van der Waals surface area (Å²) in [5, 5.41) is 10.2. The van der Waals surface area contributed by atoms with Crippen molar-refractivity contribution in [1.29, 1.82) is 0 Å². The Kier molecular flexibility index (Phi) is 9.96. The maximum absolute atomic E-state index is 14.4. The van der Waals surface area contributed by atoms with Crippen LogP contribution < -0.4 is 19.4 Å². The molecule has 0 aliphatic heterocycles. The van der Waals surface area contributed by atoms with E-state index in [-0.39, 0.29) is 29.3 Å². The summed E-state index contributed by atoms with van der Waals surface area (Å²) in [4.78, 5) is 5.29. The van der Waals surface area contributed by atoms with E-state index in [1.807, 2.05) is 18.2 Å². The van der Waals surface area contributed by atoms with Crippen molar-refractivity contribution in [2.24, 2.45) is 0 Å². The molecule has 0 spiro atoms. The van der Waals surface area contributed by atoms with Crippen molar-refractivity contribution in [2.75, 3.05) is 11.6 Å². The van der Waals surface area contributed by atoms with Crippen LogP contribution in [0.25, 0.3) is 0 Å². The molecule has 5 nitrogen and oxygen atoms in total. The Balaban J connectivity index is 1.44. The van der Waals surface area contributed by atoms with Crippen molar-refractivity contribution in [3.05, 3.63) is 108 Å². The lowest BCUT2D eigenvalue weighted by Crippen LogP contribution is -2.50. The molecule has 0 bridgehead atoms. The molecule has 0 saturated carbocycles. The maximum Gasteiger partial charge on any atom is 0.460 e. The lowest BCUT2D eigenvalue weighted by atomic mass is 9.91. The Morgan fingerprint density at radius 1 is 0.653 bits per heavy atom. The molecular weight excluding hydrogens is 676 g/mol. The number of aryl methyl sites for hydroxylation is 1. The standard InChI is InChI=1S/C34H27F10NO4/c35-31(36,33(40,41)34(42,43)44)22-10-6-13-25(18-22)49-45(20-30(46)32(37,38)39)23-11-7-12-24(19-23)47-28-15-3-4-16-29(28)48-27-17-5-9-21-8-1-2-14-26(21)27/h3-7,9-13,15-19,30,46H,1-2,8,14,20H2. The number of rotatable bonds is 11. The van der Waals surface area contributed by atoms with Crippen molar-refractivity contribution in [3.63, 3.8) is 0 Å². The van der Waals surface area contributed by atoms with Gasteiger partial charge in [0.05, 0.1) is 12.2 Å². The highest BCUT2D eigenvalue weighted by Gasteiger charge is 2.73. The average molecular weight is 704 g/mol. The predicted octanol–water partition coefficient (Wildman–Crippen LogP) is 10.2. The number of fused-ring (bicyclic) bond motifs is 1. The number of alkyl halides is 10. The van der Waals surface area contributed by atoms with Gasteiger partial charge in [-0.1, -0.05) is 42.5 Å². The minimum Gasteiger partial charge on any atom is -0.453 e. The fourth-order valence-corrected chi connectivity index (χ4v) is 5.10. The minimum absolute atomic E-state index is 0.0174. The molecule has 0 radical (unpaired) electrons. The zero-order chi connectivity index (χ0) is 35.6. The van der Waals surface area contributed by atoms with Gasteiger partial charge in [-0.15, -0.1) is 0 Å². The van der Waals surface area contributed by atoms with E-state index < -0.39 is 48.2 Å². The number of aliphatic hydroxyl groups excluding tert-OH is 1. The van der Waals surface area contributed by atoms with Crippen molar-refractivity contribution in [2.45, 2.75) is 56.0 Å². The summed E-state index contributed by atoms with van der Waals surface area (Å²) in [6, 6.07) is 19.3. The number of hydrogen-bond acceptors (Lipinski definition) is 5. The summed E-state index contributed by atoms with van der Waals surface area (Å²) in [7, 11) is 0. The van der Waals surface area contributed by atoms with Crippen LogP contribution in [-0.2, 0) is 18.8 Å². The van der Waals surface area contributed by atoms with Crippen molar-refractivity contribution in [3.8, 4) is 28.7 Å². The molecule has 0 saturated heterocycles. The van der Waals surface area contributed by atoms with Crippen LogP contribution in [-0.4, -0.2) is 36.0 Å². The molecule has 4 aromatic carbocycles. The highest BCUT2D eigenvalue weighted by molar-refractivity contribution is 5.53. The van der Waals surface area contributed by atoms with E-state index in [0.717, 1.165) is 37.3 Å². The summed E-state index contributed by atoms with van der Waals surface area (Å²) in [6.07, 6.45) is -11.1. The smallest absolute Gasteiger partial charge is 0.453 e. The number of benzene rings is 4. The second-order valence-corrected chi connectivity index (χ2v) is 11.1. The molecule has 0 fully saturated rings. The summed E-state index contributed by atoms with van der Waals surface area (Å²) in [5.74, 6) is -11.9. The summed E-state index contributed by atoms with van der Waals surface area (Å²) >= 11 is 0. The molecular formula is C34H27F10NO4. The fraction of sp³-hybridized carbons (Fsp3) is 0.294. The topological polar surface area (TPSA) is 51.2 Å². The lowest BCUT2D eigenvalue weighted by Gasteiger charge is -2.30. The Morgan fingerprint density at radius 2 is 1.27 bits per heavy atom. The summed E-state index contributed by atoms with van der Waals surface area (Å²) in [6.45, 7) is -1.37. The molecule has 1 atom stereocenters. The van der Waals surface area contributed by atoms with Gasteiger partial charge in [0.15, 0.2) is 23.4 Å². The van der Waals surface area contributed by atoms with Crippen LogP contribution in [0, 0.1) is 0 Å². The molecule has 4 aromatic rings. The molecule has 1 aliphatic rings. The van der Waals surface area contributed by atoms with Gasteiger partial charge in [-0.2, -0.15) is 43.9 Å². The van der Waals surface area contributed by atoms with Crippen molar-refractivity contribution < 1.29 is 63.3 Å². The number of hydrogen-bond donors (Lipinski definition) is 1. The normalized spacial score (nSPS) is 14.5. The SMILES string of the molecule is OC(CN(Oc1cccc(C(F)(F)C(F)(F)C(F)(F)F)c1)c1cccc(Oc2ccccc2Oc2cccc3c2CCCC3)c1)C(F)(F)F. The first-order valence-electron chi connectivity index (χ1n) is 14.8. The van der Waals surface area contributed by atoms with E-state index in [9.17, 15) is 49.0 Å². The molecule has 0 heterocycles. The molecule has 1 unspecified atom stereocenters. The second kappa shape index (κ2) is 13.7. The van der Waals surface area contributed by atoms with E-state index in [4.69, 9.17) is 14.3 Å². The van der Waals surface area contributed by atoms with Gasteiger partial charge in [0.2, 0.25) is 0 Å². The van der Waals surface area contributed by atoms with Crippen LogP contribution in [0.3, 0.4) is 0 Å². The lowest BCUT2D eigenvalue weighted by molar-refractivity contribution is -0.359. The molecule has 262 valence electrons. The predicted molar refractivity (Wildman–Crippen MR) is 157 cm³/mol. The van der Waals surface area contributed by atoms with Crippen LogP contribution in [0.1, 0.15) is 29.5 Å². The number of anilines is 1. The summed E-state index contributed by atoms with van der Waals surface area (Å²) < 4.78 is 147. The molecule has 0 amide bonds. The third kappa shape index (κ3) is 7.82. The molecule has 1 N–H and O–H groups in total. The molecule has 5 rings (SSSR count). The van der Waals surface area contributed by atoms with Gasteiger partial charge in [-0.25, -0.2) is 5.06 Å². The van der Waals surface area contributed by atoms with Crippen LogP contribution in [0.2, 0.25) is 0 Å². The zero-order valence-electron chi connectivity index (χ0n) is 25.2. The third-order valence-corrected chi connectivity index (χ3v) is 7.63. The van der Waals surface area contributed by atoms with Gasteiger partial charge in [-0.3, -0.25) is 0 Å². The quantitative estimate of drug-likeness (QED) is 0.125. The minimum atomic E-state index is -6.62. The van der Waals surface area contributed by atoms with Gasteiger partial charge in [0.1, 0.15) is 11.5 Å². The average Bonchev–Trinajstić information content (AvgIpc) is 3.05. The zero-order valence-corrected chi connectivity index (χ0v) is 25.2. The van der Waals surface area contributed by atoms with Crippen LogP contribution in [0.4, 0.5) is 49.6 Å². The van der Waals surface area contributed by atoms with E-state index in [0.29, 0.717) is 22.6 Å². The van der Waals surface area contributed by atoms with Crippen LogP contribution in [0.5, 0.6) is 28.7 Å². The Hall–Kier alpha value is -4.66. The Morgan fingerprint density at radius 3 is 1.96 bits per heavy atom. The van der Waals surface area contributed by atoms with Crippen molar-refractivity contribution >= 4 is 5.69 Å². The monoisotopic (exact) mass is 703 g/mol. The van der Waals surface area contributed by atoms with E-state index in [2.05, 4.69) is 0 Å². The number of ether oxygens (including phenoxy) is 2. The third-order valence-electron chi connectivity index (χ3n) is 7.63. The highest BCUT2D eigenvalue weighted by atomic mass is 19.4. The highest BCUT2D eigenvalue weighted by Crippen LogP contribution is 2.52. The number of hydroxylamine groups is 1. The first-order valence-corrected chi connectivity index (χ1v) is 14.8. The molecule has 49 heavy (non-hydrogen) atoms. The van der Waals surface area contributed by atoms with Gasteiger partial charge < -0.3 is 19.4 Å². The first-order chi connectivity index (χ1) is 23.0. The van der Waals surface area contributed by atoms with Gasteiger partial charge in [-0.05, 0) is 79.3 Å². The Bertz CT molecular complexity index is 1760. The second-order valence-electron chi connectivity index (χ2n) is 11.1. The molecule has 15 heteroatoms. The Labute approximate surface area is 273 Å². The molecule has 0 aromatic heterocycles. The number of nitrogens with zero attached hydrogens (tertiary/aromatic N) is 1. The van der Waals surface area contributed by atoms with Crippen molar-refractivity contribution in [1.82, 2.24) is 0 Å². The van der Waals surface area contributed by atoms with E-state index in [1.165, 1.54) is 29.8 Å². The number of aliphatic hydroxyl groups is 1. The van der Waals surface area contributed by atoms with Crippen LogP contribution in [0.15, 0.2) is 91.0 Å².